The standard InChI is InChI=1S/C19H24FNO4/c1-19(2,3)25-18(23)21-14-8-5-12(6-9-14)13-7-10-16(20)15(11-13)17(22)24-4/h5,7,10-11,14H,6,8-9H2,1-4H3,(H,21,23). The van der Waals surface area contributed by atoms with Crippen molar-refractivity contribution < 1.29 is 23.5 Å². The molecule has 2 rings (SSSR count). The minimum atomic E-state index is -0.694. The number of halogens is 1. The number of hydrogen-bond donors (Lipinski definition) is 1. The molecule has 0 saturated heterocycles. The largest absolute Gasteiger partial charge is 0.465 e. The van der Waals surface area contributed by atoms with E-state index < -0.39 is 23.5 Å². The zero-order chi connectivity index (χ0) is 18.6. The van der Waals surface area contributed by atoms with Crippen LogP contribution in [-0.4, -0.2) is 30.8 Å². The Morgan fingerprint density at radius 1 is 1.28 bits per heavy atom. The first kappa shape index (κ1) is 19.0. The van der Waals surface area contributed by atoms with E-state index in [-0.39, 0.29) is 11.6 Å². The first-order chi connectivity index (χ1) is 11.7. The molecule has 0 saturated carbocycles. The van der Waals surface area contributed by atoms with Crippen LogP contribution in [0.2, 0.25) is 0 Å². The van der Waals surface area contributed by atoms with Crippen molar-refractivity contribution >= 4 is 17.6 Å². The van der Waals surface area contributed by atoms with E-state index in [0.717, 1.165) is 17.6 Å². The smallest absolute Gasteiger partial charge is 0.407 e. The minimum Gasteiger partial charge on any atom is -0.465 e. The van der Waals surface area contributed by atoms with Crippen LogP contribution in [0.25, 0.3) is 5.57 Å². The van der Waals surface area contributed by atoms with Crippen molar-refractivity contribution in [3.8, 4) is 0 Å². The summed E-state index contributed by atoms with van der Waals surface area (Å²) in [4.78, 5) is 23.4. The average Bonchev–Trinajstić information content (AvgIpc) is 2.53. The maximum Gasteiger partial charge on any atom is 0.407 e. The second kappa shape index (κ2) is 7.68. The van der Waals surface area contributed by atoms with Gasteiger partial charge in [0.2, 0.25) is 0 Å². The van der Waals surface area contributed by atoms with Gasteiger partial charge >= 0.3 is 12.1 Å². The predicted molar refractivity (Wildman–Crippen MR) is 92.7 cm³/mol. The molecule has 1 aromatic carbocycles. The SMILES string of the molecule is COC(=O)c1cc(C2=CCC(NC(=O)OC(C)(C)C)CC2)ccc1F. The van der Waals surface area contributed by atoms with Crippen LogP contribution in [0.1, 0.15) is 56.0 Å². The lowest BCUT2D eigenvalue weighted by molar-refractivity contribution is 0.0500. The average molecular weight is 349 g/mol. The lowest BCUT2D eigenvalue weighted by Gasteiger charge is -2.26. The number of hydrogen-bond acceptors (Lipinski definition) is 4. The zero-order valence-corrected chi connectivity index (χ0v) is 15.0. The summed E-state index contributed by atoms with van der Waals surface area (Å²) in [5.74, 6) is -1.29. The molecule has 1 aliphatic carbocycles. The van der Waals surface area contributed by atoms with Gasteiger partial charge < -0.3 is 14.8 Å². The highest BCUT2D eigenvalue weighted by molar-refractivity contribution is 5.90. The molecule has 1 N–H and O–H groups in total. The van der Waals surface area contributed by atoms with E-state index in [1.165, 1.54) is 19.2 Å². The van der Waals surface area contributed by atoms with Gasteiger partial charge in [0, 0.05) is 6.04 Å². The second-order valence-corrected chi connectivity index (χ2v) is 7.03. The van der Waals surface area contributed by atoms with Crippen LogP contribution in [0.4, 0.5) is 9.18 Å². The van der Waals surface area contributed by atoms with Gasteiger partial charge in [0.1, 0.15) is 11.4 Å². The van der Waals surface area contributed by atoms with E-state index in [9.17, 15) is 14.0 Å². The van der Waals surface area contributed by atoms with Crippen molar-refractivity contribution in [1.82, 2.24) is 5.32 Å². The summed E-state index contributed by atoms with van der Waals surface area (Å²) < 4.78 is 23.6. The molecule has 0 bridgehead atoms. The number of nitrogens with one attached hydrogen (secondary N) is 1. The number of esters is 1. The molecule has 5 nitrogen and oxygen atoms in total. The Bertz CT molecular complexity index is 691. The fraction of sp³-hybridized carbons (Fsp3) is 0.474. The molecule has 0 heterocycles. The minimum absolute atomic E-state index is 0.000809. The van der Waals surface area contributed by atoms with Crippen molar-refractivity contribution in [3.05, 3.63) is 41.2 Å². The molecule has 136 valence electrons. The number of benzene rings is 1. The molecule has 1 atom stereocenters. The van der Waals surface area contributed by atoms with Crippen LogP contribution in [0, 0.1) is 5.82 Å². The van der Waals surface area contributed by atoms with Gasteiger partial charge in [-0.2, -0.15) is 0 Å². The van der Waals surface area contributed by atoms with Gasteiger partial charge in [-0.3, -0.25) is 0 Å². The van der Waals surface area contributed by atoms with Crippen LogP contribution in [0.15, 0.2) is 24.3 Å². The van der Waals surface area contributed by atoms with E-state index in [0.29, 0.717) is 12.8 Å². The van der Waals surface area contributed by atoms with Crippen LogP contribution in [0.5, 0.6) is 0 Å². The molecule has 1 amide bonds. The summed E-state index contributed by atoms with van der Waals surface area (Å²) in [5.41, 5.74) is 1.21. The highest BCUT2D eigenvalue weighted by atomic mass is 19.1. The summed E-state index contributed by atoms with van der Waals surface area (Å²) in [6.07, 6.45) is 3.69. The molecule has 0 fully saturated rings. The summed E-state index contributed by atoms with van der Waals surface area (Å²) in [6, 6.07) is 4.43. The molecule has 1 aliphatic rings. The Hall–Kier alpha value is -2.37. The van der Waals surface area contributed by atoms with Crippen LogP contribution in [-0.2, 0) is 9.47 Å². The normalized spacial score (nSPS) is 17.5. The van der Waals surface area contributed by atoms with E-state index in [1.807, 2.05) is 26.8 Å². The van der Waals surface area contributed by atoms with Gasteiger partial charge in [0.05, 0.1) is 12.7 Å². The number of ether oxygens (including phenoxy) is 2. The van der Waals surface area contributed by atoms with Gasteiger partial charge in [0.25, 0.3) is 0 Å². The Morgan fingerprint density at radius 3 is 2.56 bits per heavy atom. The number of carbonyl (C=O) groups excluding carboxylic acids is 2. The Kier molecular flexibility index (Phi) is 5.82. The van der Waals surface area contributed by atoms with Gasteiger partial charge in [-0.05, 0) is 63.3 Å². The molecular weight excluding hydrogens is 325 g/mol. The van der Waals surface area contributed by atoms with Crippen LogP contribution < -0.4 is 5.32 Å². The molecule has 0 radical (unpaired) electrons. The zero-order valence-electron chi connectivity index (χ0n) is 15.0. The lowest BCUT2D eigenvalue weighted by Crippen LogP contribution is -2.39. The monoisotopic (exact) mass is 349 g/mol. The molecule has 25 heavy (non-hydrogen) atoms. The number of amides is 1. The Balaban J connectivity index is 2.04. The van der Waals surface area contributed by atoms with Crippen LogP contribution >= 0.6 is 0 Å². The third-order valence-electron chi connectivity index (χ3n) is 3.87. The lowest BCUT2D eigenvalue weighted by atomic mass is 9.90. The van der Waals surface area contributed by atoms with E-state index in [1.54, 1.807) is 6.07 Å². The van der Waals surface area contributed by atoms with Gasteiger partial charge in [0.15, 0.2) is 0 Å². The van der Waals surface area contributed by atoms with Crippen molar-refractivity contribution in [2.45, 2.75) is 51.7 Å². The summed E-state index contributed by atoms with van der Waals surface area (Å²) in [5, 5.41) is 2.86. The number of methoxy groups -OCH3 is 1. The Labute approximate surface area is 147 Å². The van der Waals surface area contributed by atoms with Crippen molar-refractivity contribution in [2.75, 3.05) is 7.11 Å². The fourth-order valence-corrected chi connectivity index (χ4v) is 2.69. The number of allylic oxidation sites excluding steroid dienone is 1. The maximum atomic E-state index is 13.7. The first-order valence-corrected chi connectivity index (χ1v) is 8.26. The highest BCUT2D eigenvalue weighted by Gasteiger charge is 2.22. The summed E-state index contributed by atoms with van der Waals surface area (Å²) in [7, 11) is 1.22. The van der Waals surface area contributed by atoms with Gasteiger partial charge in [-0.15, -0.1) is 0 Å². The molecular formula is C19H24FNO4. The highest BCUT2D eigenvalue weighted by Crippen LogP contribution is 2.28. The topological polar surface area (TPSA) is 64.6 Å². The number of carbonyl (C=O) groups is 2. The molecule has 0 aromatic heterocycles. The van der Waals surface area contributed by atoms with Gasteiger partial charge in [-0.25, -0.2) is 14.0 Å². The second-order valence-electron chi connectivity index (χ2n) is 7.03. The fourth-order valence-electron chi connectivity index (χ4n) is 2.69. The molecule has 6 heteroatoms. The number of alkyl carbamates (subject to hydrolysis) is 1. The van der Waals surface area contributed by atoms with Crippen molar-refractivity contribution in [2.24, 2.45) is 0 Å². The quantitative estimate of drug-likeness (QED) is 0.836. The van der Waals surface area contributed by atoms with Crippen molar-refractivity contribution in [1.29, 1.82) is 0 Å². The maximum absolute atomic E-state index is 13.7. The summed E-state index contributed by atoms with van der Waals surface area (Å²) in [6.45, 7) is 5.46. The first-order valence-electron chi connectivity index (χ1n) is 8.26. The van der Waals surface area contributed by atoms with E-state index >= 15 is 0 Å². The molecule has 1 aromatic rings. The predicted octanol–water partition coefficient (Wildman–Crippen LogP) is 4.07. The van der Waals surface area contributed by atoms with E-state index in [4.69, 9.17) is 4.74 Å². The van der Waals surface area contributed by atoms with E-state index in [2.05, 4.69) is 10.1 Å². The molecule has 1 unspecified atom stereocenters. The van der Waals surface area contributed by atoms with Gasteiger partial charge in [-0.1, -0.05) is 12.1 Å². The Morgan fingerprint density at radius 2 is 2.00 bits per heavy atom. The summed E-state index contributed by atoms with van der Waals surface area (Å²) >= 11 is 0. The third kappa shape index (κ3) is 5.31. The molecule has 0 aliphatic heterocycles. The van der Waals surface area contributed by atoms with Crippen molar-refractivity contribution in [3.63, 3.8) is 0 Å². The molecule has 0 spiro atoms. The number of rotatable bonds is 3. The third-order valence-corrected chi connectivity index (χ3v) is 3.87. The van der Waals surface area contributed by atoms with Crippen LogP contribution in [0.3, 0.4) is 0 Å².